The van der Waals surface area contributed by atoms with Gasteiger partial charge in [-0.05, 0) is 12.5 Å². The van der Waals surface area contributed by atoms with Gasteiger partial charge in [0.2, 0.25) is 10.0 Å². The maximum atomic E-state index is 12.1. The number of nitro benzene ring substituents is 1. The Balaban J connectivity index is 2.30. The minimum absolute atomic E-state index is 0.0862. The number of hydrogen-bond acceptors (Lipinski definition) is 6. The van der Waals surface area contributed by atoms with E-state index in [4.69, 9.17) is 0 Å². The second kappa shape index (κ2) is 5.11. The average Bonchev–Trinajstić information content (AvgIpc) is 2.68. The minimum Gasteiger partial charge on any atom is -0.258 e. The molecular formula is C10H12N2O6S2. The van der Waals surface area contributed by atoms with Crippen LogP contribution in [-0.4, -0.2) is 39.3 Å². The van der Waals surface area contributed by atoms with Crippen molar-refractivity contribution in [3.63, 3.8) is 0 Å². The third-order valence-electron chi connectivity index (χ3n) is 2.91. The zero-order valence-corrected chi connectivity index (χ0v) is 11.9. The van der Waals surface area contributed by atoms with Gasteiger partial charge in [0.15, 0.2) is 14.7 Å². The fourth-order valence-corrected chi connectivity index (χ4v) is 5.23. The molecule has 0 saturated carbocycles. The predicted octanol–water partition coefficient (Wildman–Crippen LogP) is 0.0602. The van der Waals surface area contributed by atoms with Gasteiger partial charge < -0.3 is 0 Å². The Kier molecular flexibility index (Phi) is 3.80. The van der Waals surface area contributed by atoms with Crippen LogP contribution in [0.25, 0.3) is 0 Å². The summed E-state index contributed by atoms with van der Waals surface area (Å²) in [5.41, 5.74) is -0.541. The van der Waals surface area contributed by atoms with E-state index in [1.54, 1.807) is 0 Å². The second-order valence-corrected chi connectivity index (χ2v) is 8.36. The van der Waals surface area contributed by atoms with Crippen molar-refractivity contribution in [3.05, 3.63) is 34.4 Å². The first kappa shape index (κ1) is 14.9. The van der Waals surface area contributed by atoms with Gasteiger partial charge in [-0.1, -0.05) is 12.1 Å². The smallest absolute Gasteiger partial charge is 0.258 e. The average molecular weight is 320 g/mol. The van der Waals surface area contributed by atoms with Crippen LogP contribution in [0.5, 0.6) is 0 Å². The highest BCUT2D eigenvalue weighted by Crippen LogP contribution is 2.24. The van der Waals surface area contributed by atoms with Crippen LogP contribution in [0.2, 0.25) is 0 Å². The van der Waals surface area contributed by atoms with E-state index < -0.39 is 41.4 Å². The number of nitro groups is 1. The number of nitrogens with zero attached hydrogens (tertiary/aromatic N) is 1. The van der Waals surface area contributed by atoms with E-state index >= 15 is 0 Å². The van der Waals surface area contributed by atoms with Crippen LogP contribution in [0.1, 0.15) is 6.42 Å². The molecule has 1 atom stereocenters. The van der Waals surface area contributed by atoms with Crippen LogP contribution < -0.4 is 4.72 Å². The molecular weight excluding hydrogens is 308 g/mol. The Hall–Kier alpha value is -1.52. The van der Waals surface area contributed by atoms with Gasteiger partial charge in [0.25, 0.3) is 5.69 Å². The van der Waals surface area contributed by atoms with Crippen LogP contribution >= 0.6 is 0 Å². The van der Waals surface area contributed by atoms with E-state index in [0.717, 1.165) is 12.1 Å². The first-order valence-corrected chi connectivity index (χ1v) is 8.98. The number of nitrogens with one attached hydrogen (secondary N) is 1. The van der Waals surface area contributed by atoms with E-state index in [1.165, 1.54) is 12.1 Å². The summed E-state index contributed by atoms with van der Waals surface area (Å²) in [5, 5.41) is 10.8. The standard InChI is InChI=1S/C10H12N2O6S2/c13-12(14)9-3-1-2-4-10(9)20(17,18)11-8-5-6-19(15,16)7-8/h1-4,8,11H,5-7H2/t8-/m0/s1. The third-order valence-corrected chi connectivity index (χ3v) is 6.24. The number of rotatable bonds is 4. The monoisotopic (exact) mass is 320 g/mol. The van der Waals surface area contributed by atoms with Crippen molar-refractivity contribution in [3.8, 4) is 0 Å². The highest BCUT2D eigenvalue weighted by atomic mass is 32.2. The molecule has 0 unspecified atom stereocenters. The quantitative estimate of drug-likeness (QED) is 0.618. The van der Waals surface area contributed by atoms with Crippen LogP contribution in [-0.2, 0) is 19.9 Å². The number of para-hydroxylation sites is 1. The van der Waals surface area contributed by atoms with Crippen molar-refractivity contribution in [2.45, 2.75) is 17.4 Å². The molecule has 0 amide bonds. The molecule has 0 aromatic heterocycles. The van der Waals surface area contributed by atoms with Gasteiger partial charge in [0.1, 0.15) is 0 Å². The normalized spacial score (nSPS) is 21.7. The van der Waals surface area contributed by atoms with Gasteiger partial charge in [-0.3, -0.25) is 10.1 Å². The Morgan fingerprint density at radius 3 is 2.50 bits per heavy atom. The summed E-state index contributed by atoms with van der Waals surface area (Å²) >= 11 is 0. The lowest BCUT2D eigenvalue weighted by Gasteiger charge is -2.11. The molecule has 20 heavy (non-hydrogen) atoms. The molecule has 1 fully saturated rings. The van der Waals surface area contributed by atoms with Gasteiger partial charge in [-0.2, -0.15) is 0 Å². The summed E-state index contributed by atoms with van der Waals surface area (Å²) < 4.78 is 49.0. The van der Waals surface area contributed by atoms with Crippen molar-refractivity contribution in [2.24, 2.45) is 0 Å². The SMILES string of the molecule is O=[N+]([O-])c1ccccc1S(=O)(=O)N[C@H]1CCS(=O)(=O)C1. The first-order valence-electron chi connectivity index (χ1n) is 5.67. The molecule has 110 valence electrons. The van der Waals surface area contributed by atoms with Gasteiger partial charge in [0.05, 0.1) is 16.4 Å². The zero-order chi connectivity index (χ0) is 15.0. The molecule has 0 radical (unpaired) electrons. The highest BCUT2D eigenvalue weighted by molar-refractivity contribution is 7.92. The number of hydrogen-bond donors (Lipinski definition) is 1. The molecule has 10 heteroatoms. The van der Waals surface area contributed by atoms with E-state index in [9.17, 15) is 26.9 Å². The Morgan fingerprint density at radius 2 is 1.95 bits per heavy atom. The molecule has 1 aliphatic heterocycles. The van der Waals surface area contributed by atoms with Gasteiger partial charge in [-0.15, -0.1) is 0 Å². The van der Waals surface area contributed by atoms with Crippen molar-refractivity contribution in [1.29, 1.82) is 0 Å². The number of sulfone groups is 1. The topological polar surface area (TPSA) is 123 Å². The first-order chi connectivity index (χ1) is 9.21. The number of benzene rings is 1. The van der Waals surface area contributed by atoms with Crippen LogP contribution in [0, 0.1) is 10.1 Å². The van der Waals surface area contributed by atoms with Gasteiger partial charge in [0, 0.05) is 12.1 Å². The Morgan fingerprint density at radius 1 is 1.30 bits per heavy atom. The second-order valence-electron chi connectivity index (χ2n) is 4.45. The minimum atomic E-state index is -4.13. The summed E-state index contributed by atoms with van der Waals surface area (Å²) in [5.74, 6) is -0.371. The van der Waals surface area contributed by atoms with Crippen molar-refractivity contribution >= 4 is 25.5 Å². The molecule has 1 aromatic rings. The lowest BCUT2D eigenvalue weighted by Crippen LogP contribution is -2.35. The predicted molar refractivity (Wildman–Crippen MR) is 70.5 cm³/mol. The lowest BCUT2D eigenvalue weighted by molar-refractivity contribution is -0.387. The van der Waals surface area contributed by atoms with E-state index in [1.807, 2.05) is 0 Å². The Bertz CT molecular complexity index is 741. The largest absolute Gasteiger partial charge is 0.289 e. The van der Waals surface area contributed by atoms with Crippen LogP contribution in [0.3, 0.4) is 0 Å². The molecule has 8 nitrogen and oxygen atoms in total. The molecule has 0 bridgehead atoms. The molecule has 0 aliphatic carbocycles. The van der Waals surface area contributed by atoms with Crippen LogP contribution in [0.4, 0.5) is 5.69 Å². The van der Waals surface area contributed by atoms with Crippen molar-refractivity contribution in [2.75, 3.05) is 11.5 Å². The van der Waals surface area contributed by atoms with Gasteiger partial charge in [-0.25, -0.2) is 21.6 Å². The van der Waals surface area contributed by atoms with E-state index in [-0.39, 0.29) is 17.9 Å². The van der Waals surface area contributed by atoms with Crippen molar-refractivity contribution in [1.82, 2.24) is 4.72 Å². The maximum absolute atomic E-state index is 12.1. The number of sulfonamides is 1. The summed E-state index contributed by atoms with van der Waals surface area (Å²) in [6.07, 6.45) is 0.169. The van der Waals surface area contributed by atoms with E-state index in [2.05, 4.69) is 4.72 Å². The summed E-state index contributed by atoms with van der Waals surface area (Å²) in [4.78, 5) is 9.57. The maximum Gasteiger partial charge on any atom is 0.289 e. The summed E-state index contributed by atoms with van der Waals surface area (Å²) in [7, 11) is -7.36. The van der Waals surface area contributed by atoms with Crippen LogP contribution in [0.15, 0.2) is 29.2 Å². The molecule has 1 saturated heterocycles. The highest BCUT2D eigenvalue weighted by Gasteiger charge is 2.33. The molecule has 1 aliphatic rings. The lowest BCUT2D eigenvalue weighted by atomic mass is 10.3. The molecule has 1 aromatic carbocycles. The zero-order valence-electron chi connectivity index (χ0n) is 10.2. The molecule has 1 heterocycles. The van der Waals surface area contributed by atoms with Gasteiger partial charge >= 0.3 is 0 Å². The fourth-order valence-electron chi connectivity index (χ4n) is 2.01. The molecule has 2 rings (SSSR count). The third kappa shape index (κ3) is 3.14. The fraction of sp³-hybridized carbons (Fsp3) is 0.400. The molecule has 1 N–H and O–H groups in total. The Labute approximate surface area is 115 Å². The molecule has 0 spiro atoms. The van der Waals surface area contributed by atoms with E-state index in [0.29, 0.717) is 0 Å². The summed E-state index contributed by atoms with van der Waals surface area (Å²) in [6.45, 7) is 0. The summed E-state index contributed by atoms with van der Waals surface area (Å²) in [6, 6.07) is 4.18. The van der Waals surface area contributed by atoms with Crippen molar-refractivity contribution < 1.29 is 21.8 Å².